The molecule has 2 heteroatoms. The molecule has 1 atom stereocenters. The smallest absolute Gasteiger partial charge is 0.220 e. The summed E-state index contributed by atoms with van der Waals surface area (Å²) in [4.78, 5) is 11.4. The molecule has 0 fully saturated rings. The highest BCUT2D eigenvalue weighted by Crippen LogP contribution is 2.05. The Labute approximate surface area is 84.5 Å². The quantitative estimate of drug-likeness (QED) is 0.732. The number of rotatable bonds is 4. The molecule has 0 amide bonds. The van der Waals surface area contributed by atoms with Crippen LogP contribution in [0.25, 0.3) is 0 Å². The van der Waals surface area contributed by atoms with E-state index in [9.17, 15) is 4.79 Å². The molecule has 0 radical (unpaired) electrons. The minimum Gasteiger partial charge on any atom is -0.489 e. The third kappa shape index (κ3) is 3.21. The molecule has 0 aliphatic heterocycles. The summed E-state index contributed by atoms with van der Waals surface area (Å²) >= 11 is 0. The van der Waals surface area contributed by atoms with Crippen LogP contribution in [0.3, 0.4) is 0 Å². The number of hydrogen-bond acceptors (Lipinski definition) is 2. The third-order valence-corrected chi connectivity index (χ3v) is 2.18. The van der Waals surface area contributed by atoms with Crippen molar-refractivity contribution in [3.8, 4) is 5.75 Å². The topological polar surface area (TPSA) is 26.3 Å². The van der Waals surface area contributed by atoms with E-state index in [0.29, 0.717) is 18.3 Å². The Bertz CT molecular complexity index is 333. The van der Waals surface area contributed by atoms with Crippen molar-refractivity contribution >= 4 is 0 Å². The van der Waals surface area contributed by atoms with Crippen LogP contribution in [0.4, 0.5) is 0 Å². The van der Waals surface area contributed by atoms with Gasteiger partial charge in [-0.15, -0.1) is 0 Å². The SMILES string of the molecule is CC[C@H](C)COc1cccccc1=O. The second-order valence-corrected chi connectivity index (χ2v) is 3.46. The van der Waals surface area contributed by atoms with Crippen molar-refractivity contribution in [2.45, 2.75) is 20.3 Å². The fraction of sp³-hybridized carbons (Fsp3) is 0.417. The van der Waals surface area contributed by atoms with Crippen LogP contribution in [0, 0.1) is 5.92 Å². The van der Waals surface area contributed by atoms with E-state index in [1.165, 1.54) is 6.07 Å². The minimum atomic E-state index is -0.0571. The van der Waals surface area contributed by atoms with Crippen LogP contribution in [0.5, 0.6) is 5.75 Å². The van der Waals surface area contributed by atoms with E-state index in [-0.39, 0.29) is 5.43 Å². The standard InChI is InChI=1S/C12H16O2/c1-3-10(2)9-14-12-8-6-4-5-7-11(12)13/h4-8,10H,3,9H2,1-2H3/t10-/m0/s1. The van der Waals surface area contributed by atoms with E-state index in [0.717, 1.165) is 6.42 Å². The molecule has 76 valence electrons. The van der Waals surface area contributed by atoms with Crippen molar-refractivity contribution in [2.24, 2.45) is 5.92 Å². The van der Waals surface area contributed by atoms with Crippen molar-refractivity contribution in [1.82, 2.24) is 0 Å². The summed E-state index contributed by atoms with van der Waals surface area (Å²) in [5.41, 5.74) is -0.0571. The average Bonchev–Trinajstić information content (AvgIpc) is 2.39. The highest BCUT2D eigenvalue weighted by Gasteiger charge is 2.01. The van der Waals surface area contributed by atoms with Crippen molar-refractivity contribution < 1.29 is 4.74 Å². The molecule has 0 heterocycles. The van der Waals surface area contributed by atoms with Gasteiger partial charge in [-0.05, 0) is 18.1 Å². The van der Waals surface area contributed by atoms with Gasteiger partial charge in [0.15, 0.2) is 5.75 Å². The van der Waals surface area contributed by atoms with Crippen molar-refractivity contribution in [2.75, 3.05) is 6.61 Å². The molecule has 1 aromatic carbocycles. The van der Waals surface area contributed by atoms with Crippen LogP contribution >= 0.6 is 0 Å². The largest absolute Gasteiger partial charge is 0.489 e. The Hall–Kier alpha value is -1.31. The van der Waals surface area contributed by atoms with Crippen LogP contribution in [0.2, 0.25) is 0 Å². The van der Waals surface area contributed by atoms with E-state index in [2.05, 4.69) is 13.8 Å². The summed E-state index contributed by atoms with van der Waals surface area (Å²) in [5.74, 6) is 0.926. The molecule has 2 nitrogen and oxygen atoms in total. The Morgan fingerprint density at radius 2 is 2.00 bits per heavy atom. The van der Waals surface area contributed by atoms with Crippen molar-refractivity contribution in [3.05, 3.63) is 40.6 Å². The van der Waals surface area contributed by atoms with Gasteiger partial charge in [-0.2, -0.15) is 0 Å². The molecule has 0 saturated heterocycles. The highest BCUT2D eigenvalue weighted by molar-refractivity contribution is 5.20. The molecule has 14 heavy (non-hydrogen) atoms. The Kier molecular flexibility index (Phi) is 4.17. The van der Waals surface area contributed by atoms with E-state index >= 15 is 0 Å². The summed E-state index contributed by atoms with van der Waals surface area (Å²) in [6.07, 6.45) is 1.06. The first-order chi connectivity index (χ1) is 6.74. The molecule has 0 bridgehead atoms. The molecule has 0 unspecified atom stereocenters. The zero-order chi connectivity index (χ0) is 10.4. The van der Waals surface area contributed by atoms with E-state index in [1.807, 2.05) is 12.1 Å². The van der Waals surface area contributed by atoms with E-state index < -0.39 is 0 Å². The molecule has 1 aromatic rings. The van der Waals surface area contributed by atoms with Crippen LogP contribution in [-0.2, 0) is 0 Å². The monoisotopic (exact) mass is 192 g/mol. The maximum atomic E-state index is 11.4. The Morgan fingerprint density at radius 3 is 2.71 bits per heavy atom. The van der Waals surface area contributed by atoms with Gasteiger partial charge in [0, 0.05) is 0 Å². The van der Waals surface area contributed by atoms with Gasteiger partial charge in [-0.1, -0.05) is 38.5 Å². The minimum absolute atomic E-state index is 0.0571. The molecular weight excluding hydrogens is 176 g/mol. The molecule has 0 aromatic heterocycles. The molecule has 0 aliphatic carbocycles. The summed E-state index contributed by atoms with van der Waals surface area (Å²) in [5, 5.41) is 0. The molecule has 0 saturated carbocycles. The second-order valence-electron chi connectivity index (χ2n) is 3.46. The first-order valence-electron chi connectivity index (χ1n) is 4.96. The second kappa shape index (κ2) is 5.43. The fourth-order valence-electron chi connectivity index (χ4n) is 0.983. The maximum Gasteiger partial charge on any atom is 0.220 e. The predicted molar refractivity (Wildman–Crippen MR) is 57.7 cm³/mol. The molecule has 0 N–H and O–H groups in total. The third-order valence-electron chi connectivity index (χ3n) is 2.18. The van der Waals surface area contributed by atoms with Gasteiger partial charge in [0.25, 0.3) is 0 Å². The van der Waals surface area contributed by atoms with Crippen molar-refractivity contribution in [3.63, 3.8) is 0 Å². The van der Waals surface area contributed by atoms with Gasteiger partial charge >= 0.3 is 0 Å². The first kappa shape index (κ1) is 10.8. The maximum absolute atomic E-state index is 11.4. The zero-order valence-electron chi connectivity index (χ0n) is 8.69. The van der Waals surface area contributed by atoms with Crippen LogP contribution < -0.4 is 10.2 Å². The molecule has 1 rings (SSSR count). The molecule has 0 spiro atoms. The fourth-order valence-corrected chi connectivity index (χ4v) is 0.983. The van der Waals surface area contributed by atoms with Crippen LogP contribution in [0.15, 0.2) is 35.1 Å². The average molecular weight is 192 g/mol. The van der Waals surface area contributed by atoms with Gasteiger partial charge in [0.2, 0.25) is 5.43 Å². The number of ether oxygens (including phenoxy) is 1. The molecular formula is C12H16O2. The zero-order valence-corrected chi connectivity index (χ0v) is 8.69. The van der Waals surface area contributed by atoms with E-state index in [4.69, 9.17) is 4.74 Å². The molecule has 0 aliphatic rings. The lowest BCUT2D eigenvalue weighted by molar-refractivity contribution is 0.255. The Morgan fingerprint density at radius 1 is 1.29 bits per heavy atom. The summed E-state index contributed by atoms with van der Waals surface area (Å²) in [6.45, 7) is 4.82. The van der Waals surface area contributed by atoms with Gasteiger partial charge in [0.1, 0.15) is 0 Å². The summed E-state index contributed by atoms with van der Waals surface area (Å²) in [7, 11) is 0. The summed E-state index contributed by atoms with van der Waals surface area (Å²) < 4.78 is 5.44. The van der Waals surface area contributed by atoms with Crippen molar-refractivity contribution in [1.29, 1.82) is 0 Å². The highest BCUT2D eigenvalue weighted by atomic mass is 16.5. The van der Waals surface area contributed by atoms with E-state index in [1.54, 1.807) is 12.1 Å². The lowest BCUT2D eigenvalue weighted by Crippen LogP contribution is -2.11. The Balaban J connectivity index is 2.69. The van der Waals surface area contributed by atoms with Gasteiger partial charge in [-0.25, -0.2) is 0 Å². The first-order valence-corrected chi connectivity index (χ1v) is 4.96. The van der Waals surface area contributed by atoms with Gasteiger partial charge in [0.05, 0.1) is 6.61 Å². The van der Waals surface area contributed by atoms with Crippen LogP contribution in [-0.4, -0.2) is 6.61 Å². The lowest BCUT2D eigenvalue weighted by atomic mass is 10.1. The van der Waals surface area contributed by atoms with Gasteiger partial charge in [-0.3, -0.25) is 4.79 Å². The summed E-state index contributed by atoms with van der Waals surface area (Å²) in [6, 6.07) is 8.58. The number of hydrogen-bond donors (Lipinski definition) is 0. The van der Waals surface area contributed by atoms with Crippen LogP contribution in [0.1, 0.15) is 20.3 Å². The normalized spacial score (nSPS) is 12.1. The predicted octanol–water partition coefficient (Wildman–Crippen LogP) is 2.47. The lowest BCUT2D eigenvalue weighted by Gasteiger charge is -2.08. The van der Waals surface area contributed by atoms with Gasteiger partial charge < -0.3 is 4.74 Å².